The van der Waals surface area contributed by atoms with Gasteiger partial charge in [0.25, 0.3) is 0 Å². The summed E-state index contributed by atoms with van der Waals surface area (Å²) in [6, 6.07) is 3.84. The second kappa shape index (κ2) is 8.89. The molecule has 2 N–H and O–H groups in total. The lowest BCUT2D eigenvalue weighted by Crippen LogP contribution is -2.22. The van der Waals surface area contributed by atoms with Gasteiger partial charge in [-0.1, -0.05) is 6.07 Å². The van der Waals surface area contributed by atoms with Crippen molar-refractivity contribution in [2.45, 2.75) is 51.4 Å². The highest BCUT2D eigenvalue weighted by atomic mass is 19.4. The number of nitrogens with zero attached hydrogens (tertiary/aromatic N) is 4. The van der Waals surface area contributed by atoms with Gasteiger partial charge in [0, 0.05) is 25.8 Å². The number of aromatic nitrogens is 4. The van der Waals surface area contributed by atoms with Crippen molar-refractivity contribution in [2.75, 3.05) is 24.4 Å². The van der Waals surface area contributed by atoms with Crippen molar-refractivity contribution in [3.8, 4) is 11.5 Å². The van der Waals surface area contributed by atoms with Crippen molar-refractivity contribution in [1.29, 1.82) is 0 Å². The van der Waals surface area contributed by atoms with Crippen molar-refractivity contribution in [1.82, 2.24) is 19.9 Å². The van der Waals surface area contributed by atoms with Gasteiger partial charge in [0.15, 0.2) is 5.82 Å². The molecule has 0 saturated heterocycles. The highest BCUT2D eigenvalue weighted by Gasteiger charge is 2.33. The molecule has 1 saturated carbocycles. The lowest BCUT2D eigenvalue weighted by Gasteiger charge is -2.17. The Labute approximate surface area is 167 Å². The van der Waals surface area contributed by atoms with Crippen LogP contribution in [0.2, 0.25) is 0 Å². The maximum atomic E-state index is 13.0. The molecular weight excluding hydrogens is 385 g/mol. The van der Waals surface area contributed by atoms with Gasteiger partial charge in [-0.2, -0.15) is 28.1 Å². The first-order valence-corrected chi connectivity index (χ1v) is 9.59. The first-order valence-electron chi connectivity index (χ1n) is 9.59. The third-order valence-corrected chi connectivity index (χ3v) is 4.72. The van der Waals surface area contributed by atoms with Gasteiger partial charge < -0.3 is 15.4 Å². The molecule has 0 amide bonds. The van der Waals surface area contributed by atoms with E-state index < -0.39 is 11.9 Å². The highest BCUT2D eigenvalue weighted by molar-refractivity contribution is 5.54. The Hall–Kier alpha value is -2.49. The number of methoxy groups -OCH3 is 1. The minimum absolute atomic E-state index is 0.00775. The topological polar surface area (TPSA) is 84.9 Å². The van der Waals surface area contributed by atoms with Crippen LogP contribution in [0.3, 0.4) is 0 Å². The van der Waals surface area contributed by atoms with E-state index in [4.69, 9.17) is 4.74 Å². The van der Waals surface area contributed by atoms with Crippen LogP contribution in [0, 0.1) is 5.92 Å². The second-order valence-electron chi connectivity index (χ2n) is 7.31. The van der Waals surface area contributed by atoms with Crippen LogP contribution in [0.1, 0.15) is 38.8 Å². The van der Waals surface area contributed by atoms with Gasteiger partial charge in [0.1, 0.15) is 11.4 Å². The molecule has 1 fully saturated rings. The zero-order valence-corrected chi connectivity index (χ0v) is 16.6. The maximum Gasteiger partial charge on any atom is 0.433 e. The summed E-state index contributed by atoms with van der Waals surface area (Å²) < 4.78 is 44.2. The predicted molar refractivity (Wildman–Crippen MR) is 103 cm³/mol. The average molecular weight is 410 g/mol. The van der Waals surface area contributed by atoms with Gasteiger partial charge in [-0.15, -0.1) is 0 Å². The van der Waals surface area contributed by atoms with Crippen LogP contribution in [0.5, 0.6) is 0 Å². The molecule has 2 heterocycles. The highest BCUT2D eigenvalue weighted by Crippen LogP contribution is 2.34. The van der Waals surface area contributed by atoms with Crippen LogP contribution in [0.25, 0.3) is 11.5 Å². The van der Waals surface area contributed by atoms with Crippen molar-refractivity contribution < 1.29 is 17.9 Å². The Bertz CT molecular complexity index is 828. The molecule has 29 heavy (non-hydrogen) atoms. The molecule has 2 aromatic rings. The lowest BCUT2D eigenvalue weighted by atomic mass is 10.2. The van der Waals surface area contributed by atoms with Gasteiger partial charge in [-0.05, 0) is 51.2 Å². The molecule has 1 unspecified atom stereocenters. The van der Waals surface area contributed by atoms with Crippen LogP contribution in [0.15, 0.2) is 18.2 Å². The van der Waals surface area contributed by atoms with E-state index in [2.05, 4.69) is 30.6 Å². The van der Waals surface area contributed by atoms with Crippen molar-refractivity contribution in [3.63, 3.8) is 0 Å². The molecule has 7 nitrogen and oxygen atoms in total. The fraction of sp³-hybridized carbons (Fsp3) is 0.579. The van der Waals surface area contributed by atoms with E-state index in [-0.39, 0.29) is 29.6 Å². The summed E-state index contributed by atoms with van der Waals surface area (Å²) in [5.74, 6) is 1.23. The van der Waals surface area contributed by atoms with E-state index in [9.17, 15) is 13.2 Å². The third kappa shape index (κ3) is 5.99. The van der Waals surface area contributed by atoms with Crippen LogP contribution in [-0.4, -0.2) is 45.7 Å². The van der Waals surface area contributed by atoms with E-state index in [0.29, 0.717) is 18.5 Å². The summed E-state index contributed by atoms with van der Waals surface area (Å²) in [6.45, 7) is 4.55. The molecule has 1 aliphatic rings. The monoisotopic (exact) mass is 410 g/mol. The molecule has 1 aliphatic carbocycles. The van der Waals surface area contributed by atoms with E-state index in [0.717, 1.165) is 25.3 Å². The number of alkyl halides is 3. The van der Waals surface area contributed by atoms with E-state index in [1.165, 1.54) is 12.1 Å². The molecule has 10 heteroatoms. The van der Waals surface area contributed by atoms with Crippen molar-refractivity contribution in [3.05, 3.63) is 23.9 Å². The average Bonchev–Trinajstić information content (AvgIpc) is 3.51. The minimum atomic E-state index is -4.54. The largest absolute Gasteiger partial charge is 0.433 e. The van der Waals surface area contributed by atoms with Crippen molar-refractivity contribution >= 4 is 11.9 Å². The van der Waals surface area contributed by atoms with E-state index in [1.807, 2.05) is 13.8 Å². The number of ether oxygens (including phenoxy) is 1. The zero-order chi connectivity index (χ0) is 21.0. The standard InChI is InChI=1S/C19H25F3N6O/c1-11(9-10-29-3)23-17-26-16(14-5-4-6-15(25-14)19(20,21)22)27-18(28-17)24-12(2)13-7-8-13/h4-6,11-13H,7-10H2,1-3H3,(H2,23,24,26,27,28)/t11?,12-/m1/s1. The normalized spacial score (nSPS) is 16.3. The summed E-state index contributed by atoms with van der Waals surface area (Å²) in [6.07, 6.45) is -1.54. The smallest absolute Gasteiger partial charge is 0.385 e. The fourth-order valence-corrected chi connectivity index (χ4v) is 2.84. The first-order chi connectivity index (χ1) is 13.8. The number of nitrogens with one attached hydrogen (secondary N) is 2. The molecule has 0 radical (unpaired) electrons. The minimum Gasteiger partial charge on any atom is -0.385 e. The molecule has 3 rings (SSSR count). The maximum absolute atomic E-state index is 13.0. The summed E-state index contributed by atoms with van der Waals surface area (Å²) in [4.78, 5) is 16.7. The van der Waals surface area contributed by atoms with E-state index >= 15 is 0 Å². The first kappa shape index (κ1) is 21.2. The Morgan fingerprint density at radius 1 is 1.07 bits per heavy atom. The molecule has 0 spiro atoms. The predicted octanol–water partition coefficient (Wildman–Crippen LogP) is 4.00. The number of hydrogen-bond donors (Lipinski definition) is 2. The second-order valence-corrected chi connectivity index (χ2v) is 7.31. The molecule has 0 bridgehead atoms. The summed E-state index contributed by atoms with van der Waals surface area (Å²) >= 11 is 0. The van der Waals surface area contributed by atoms with Gasteiger partial charge in [0.2, 0.25) is 11.9 Å². The van der Waals surface area contributed by atoms with Gasteiger partial charge in [0.05, 0.1) is 0 Å². The Morgan fingerprint density at radius 3 is 2.38 bits per heavy atom. The Balaban J connectivity index is 1.91. The number of rotatable bonds is 9. The quantitative estimate of drug-likeness (QED) is 0.646. The number of anilines is 2. The number of pyridine rings is 1. The molecule has 2 aromatic heterocycles. The van der Waals surface area contributed by atoms with E-state index in [1.54, 1.807) is 7.11 Å². The van der Waals surface area contributed by atoms with Crippen LogP contribution in [0.4, 0.5) is 25.1 Å². The summed E-state index contributed by atoms with van der Waals surface area (Å²) in [5, 5.41) is 6.40. The Morgan fingerprint density at radius 2 is 1.76 bits per heavy atom. The van der Waals surface area contributed by atoms with Gasteiger partial charge in [-0.25, -0.2) is 4.98 Å². The van der Waals surface area contributed by atoms with Gasteiger partial charge >= 0.3 is 6.18 Å². The molecule has 2 atom stereocenters. The van der Waals surface area contributed by atoms with Crippen LogP contribution in [-0.2, 0) is 10.9 Å². The lowest BCUT2D eigenvalue weighted by molar-refractivity contribution is -0.141. The van der Waals surface area contributed by atoms with Gasteiger partial charge in [-0.3, -0.25) is 0 Å². The molecular formula is C19H25F3N6O. The number of hydrogen-bond acceptors (Lipinski definition) is 7. The fourth-order valence-electron chi connectivity index (χ4n) is 2.84. The molecule has 158 valence electrons. The third-order valence-electron chi connectivity index (χ3n) is 4.72. The van der Waals surface area contributed by atoms with Crippen molar-refractivity contribution in [2.24, 2.45) is 5.92 Å². The van der Waals surface area contributed by atoms with Crippen LogP contribution >= 0.6 is 0 Å². The number of halogens is 3. The zero-order valence-electron chi connectivity index (χ0n) is 16.6. The van der Waals surface area contributed by atoms with Crippen LogP contribution < -0.4 is 10.6 Å². The molecule has 0 aliphatic heterocycles. The Kier molecular flexibility index (Phi) is 6.51. The SMILES string of the molecule is COCCC(C)Nc1nc(N[C@H](C)C2CC2)nc(-c2cccc(C(F)(F)F)n2)n1. The summed E-state index contributed by atoms with van der Waals surface area (Å²) in [7, 11) is 1.62. The molecule has 0 aromatic carbocycles. The summed E-state index contributed by atoms with van der Waals surface area (Å²) in [5.41, 5.74) is -0.948.